The summed E-state index contributed by atoms with van der Waals surface area (Å²) in [5, 5.41) is 3.45. The van der Waals surface area contributed by atoms with Gasteiger partial charge in [-0.3, -0.25) is 9.40 Å². The van der Waals surface area contributed by atoms with Crippen molar-refractivity contribution in [2.45, 2.75) is 57.9 Å². The predicted molar refractivity (Wildman–Crippen MR) is 91.3 cm³/mol. The molecule has 2 heterocycles. The lowest BCUT2D eigenvalue weighted by Crippen LogP contribution is -2.37. The molecule has 8 nitrogen and oxygen atoms in total. The highest BCUT2D eigenvalue weighted by molar-refractivity contribution is 7.93. The normalized spacial score (nSPS) is 18.7. The zero-order valence-corrected chi connectivity index (χ0v) is 15.5. The minimum atomic E-state index is -3.58. The van der Waals surface area contributed by atoms with E-state index in [4.69, 9.17) is 4.74 Å². The van der Waals surface area contributed by atoms with E-state index in [1.54, 1.807) is 31.6 Å². The number of hydrogen-bond donors (Lipinski definition) is 1. The van der Waals surface area contributed by atoms with E-state index in [-0.39, 0.29) is 6.54 Å². The zero-order valence-electron chi connectivity index (χ0n) is 14.7. The summed E-state index contributed by atoms with van der Waals surface area (Å²) in [6.07, 6.45) is 3.99. The van der Waals surface area contributed by atoms with E-state index in [0.29, 0.717) is 18.7 Å². The average molecular weight is 358 g/mol. The molecule has 0 aliphatic carbocycles. The Morgan fingerprint density at radius 1 is 1.46 bits per heavy atom. The monoisotopic (exact) mass is 358 g/mol. The third-order valence-electron chi connectivity index (χ3n) is 3.58. The van der Waals surface area contributed by atoms with Crippen LogP contribution in [0.5, 0.6) is 0 Å². The van der Waals surface area contributed by atoms with Gasteiger partial charge in [0.15, 0.2) is 0 Å². The maximum Gasteiger partial charge on any atom is 0.410 e. The molecule has 1 aliphatic heterocycles. The molecule has 1 aromatic heterocycles. The van der Waals surface area contributed by atoms with Gasteiger partial charge in [-0.2, -0.15) is 5.10 Å². The largest absolute Gasteiger partial charge is 0.444 e. The Hall–Kier alpha value is -1.77. The summed E-state index contributed by atoms with van der Waals surface area (Å²) in [7, 11) is -3.58. The molecule has 1 amide bonds. The van der Waals surface area contributed by atoms with Crippen LogP contribution in [-0.2, 0) is 21.3 Å². The molecular weight excluding hydrogens is 332 g/mol. The summed E-state index contributed by atoms with van der Waals surface area (Å²) in [4.78, 5) is 13.5. The summed E-state index contributed by atoms with van der Waals surface area (Å²) >= 11 is 0. The maximum atomic E-state index is 12.5. The average Bonchev–Trinajstić information content (AvgIpc) is 3.06. The SMILES string of the molecule is CCCn1cc(NS(=O)(=O)C2CCN(C(=O)OC(C)(C)C)C2)cn1. The van der Waals surface area contributed by atoms with Gasteiger partial charge in [-0.15, -0.1) is 0 Å². The first kappa shape index (κ1) is 18.6. The smallest absolute Gasteiger partial charge is 0.410 e. The fourth-order valence-corrected chi connectivity index (χ4v) is 3.88. The van der Waals surface area contributed by atoms with Crippen molar-refractivity contribution in [1.29, 1.82) is 0 Å². The number of nitrogens with one attached hydrogen (secondary N) is 1. The first-order valence-corrected chi connectivity index (χ1v) is 9.67. The number of nitrogens with zero attached hydrogens (tertiary/aromatic N) is 3. The van der Waals surface area contributed by atoms with Crippen molar-refractivity contribution >= 4 is 21.8 Å². The third-order valence-corrected chi connectivity index (χ3v) is 5.36. The molecule has 1 fully saturated rings. The predicted octanol–water partition coefficient (Wildman–Crippen LogP) is 2.04. The molecule has 0 radical (unpaired) electrons. The van der Waals surface area contributed by atoms with Crippen molar-refractivity contribution in [2.75, 3.05) is 17.8 Å². The number of likely N-dealkylation sites (tertiary alicyclic amines) is 1. The highest BCUT2D eigenvalue weighted by atomic mass is 32.2. The lowest BCUT2D eigenvalue weighted by molar-refractivity contribution is 0.0295. The fourth-order valence-electron chi connectivity index (χ4n) is 2.49. The number of sulfonamides is 1. The van der Waals surface area contributed by atoms with Crippen LogP contribution in [0.4, 0.5) is 10.5 Å². The Balaban J connectivity index is 1.96. The van der Waals surface area contributed by atoms with E-state index in [1.807, 2.05) is 6.92 Å². The van der Waals surface area contributed by atoms with E-state index >= 15 is 0 Å². The molecule has 2 rings (SSSR count). The number of aromatic nitrogens is 2. The lowest BCUT2D eigenvalue weighted by Gasteiger charge is -2.24. The van der Waals surface area contributed by atoms with E-state index in [0.717, 1.165) is 13.0 Å². The summed E-state index contributed by atoms with van der Waals surface area (Å²) in [6, 6.07) is 0. The fraction of sp³-hybridized carbons (Fsp3) is 0.733. The second kappa shape index (κ2) is 7.00. The molecule has 1 unspecified atom stereocenters. The Morgan fingerprint density at radius 3 is 2.79 bits per heavy atom. The van der Waals surface area contributed by atoms with Crippen molar-refractivity contribution in [3.05, 3.63) is 12.4 Å². The molecule has 1 atom stereocenters. The van der Waals surface area contributed by atoms with Gasteiger partial charge in [0.05, 0.1) is 17.1 Å². The number of hydrogen-bond acceptors (Lipinski definition) is 5. The van der Waals surface area contributed by atoms with Gasteiger partial charge in [-0.05, 0) is 33.6 Å². The van der Waals surface area contributed by atoms with Gasteiger partial charge >= 0.3 is 6.09 Å². The van der Waals surface area contributed by atoms with Gasteiger partial charge in [0.2, 0.25) is 10.0 Å². The second-order valence-electron chi connectivity index (χ2n) is 6.98. The molecule has 0 bridgehead atoms. The number of rotatable bonds is 5. The minimum Gasteiger partial charge on any atom is -0.444 e. The topological polar surface area (TPSA) is 93.5 Å². The van der Waals surface area contributed by atoms with Crippen molar-refractivity contribution in [3.63, 3.8) is 0 Å². The van der Waals surface area contributed by atoms with Crippen LogP contribution >= 0.6 is 0 Å². The first-order chi connectivity index (χ1) is 11.1. The molecule has 1 aliphatic rings. The van der Waals surface area contributed by atoms with Crippen LogP contribution in [0.25, 0.3) is 0 Å². The van der Waals surface area contributed by atoms with E-state index in [2.05, 4.69) is 9.82 Å². The van der Waals surface area contributed by atoms with E-state index in [9.17, 15) is 13.2 Å². The first-order valence-electron chi connectivity index (χ1n) is 8.13. The highest BCUT2D eigenvalue weighted by Gasteiger charge is 2.37. The van der Waals surface area contributed by atoms with Crippen LogP contribution in [0, 0.1) is 0 Å². The van der Waals surface area contributed by atoms with Crippen LogP contribution in [0.1, 0.15) is 40.5 Å². The molecular formula is C15H26N4O4S. The second-order valence-corrected chi connectivity index (χ2v) is 8.94. The number of ether oxygens (including phenoxy) is 1. The van der Waals surface area contributed by atoms with Crippen LogP contribution in [0.3, 0.4) is 0 Å². The number of aryl methyl sites for hydroxylation is 1. The number of anilines is 1. The molecule has 0 aromatic carbocycles. The Bertz CT molecular complexity index is 678. The molecule has 136 valence electrons. The molecule has 0 saturated carbocycles. The van der Waals surface area contributed by atoms with Gasteiger partial charge in [0.25, 0.3) is 0 Å². The molecule has 9 heteroatoms. The maximum absolute atomic E-state index is 12.5. The number of carbonyl (C=O) groups is 1. The van der Waals surface area contributed by atoms with E-state index < -0.39 is 27.0 Å². The lowest BCUT2D eigenvalue weighted by atomic mass is 10.2. The van der Waals surface area contributed by atoms with Gasteiger partial charge < -0.3 is 9.64 Å². The number of amides is 1. The van der Waals surface area contributed by atoms with Gasteiger partial charge in [0, 0.05) is 25.8 Å². The van der Waals surface area contributed by atoms with Crippen LogP contribution in [0.15, 0.2) is 12.4 Å². The van der Waals surface area contributed by atoms with Gasteiger partial charge in [-0.1, -0.05) is 6.92 Å². The summed E-state index contributed by atoms with van der Waals surface area (Å²) < 4.78 is 34.5. The zero-order chi connectivity index (χ0) is 18.0. The Labute approximate surface area is 143 Å². The Kier molecular flexibility index (Phi) is 5.42. The van der Waals surface area contributed by atoms with Crippen molar-refractivity contribution < 1.29 is 17.9 Å². The van der Waals surface area contributed by atoms with Crippen molar-refractivity contribution in [1.82, 2.24) is 14.7 Å². The molecule has 1 aromatic rings. The number of carbonyl (C=O) groups excluding carboxylic acids is 1. The van der Waals surface area contributed by atoms with Crippen LogP contribution in [0.2, 0.25) is 0 Å². The molecule has 1 saturated heterocycles. The molecule has 1 N–H and O–H groups in total. The summed E-state index contributed by atoms with van der Waals surface area (Å²) in [6.45, 7) is 8.61. The van der Waals surface area contributed by atoms with Crippen LogP contribution in [-0.4, -0.2) is 53.1 Å². The Morgan fingerprint density at radius 2 is 2.17 bits per heavy atom. The van der Waals surface area contributed by atoms with Gasteiger partial charge in [-0.25, -0.2) is 13.2 Å². The van der Waals surface area contributed by atoms with Crippen LogP contribution < -0.4 is 4.72 Å². The minimum absolute atomic E-state index is 0.132. The van der Waals surface area contributed by atoms with Gasteiger partial charge in [0.1, 0.15) is 5.60 Å². The van der Waals surface area contributed by atoms with E-state index in [1.165, 1.54) is 11.1 Å². The van der Waals surface area contributed by atoms with Crippen molar-refractivity contribution in [2.24, 2.45) is 0 Å². The summed E-state index contributed by atoms with van der Waals surface area (Å²) in [5.41, 5.74) is -0.153. The standard InChI is InChI=1S/C15H26N4O4S/c1-5-7-19-10-12(9-16-19)17-24(21,22)13-6-8-18(11-13)14(20)23-15(2,3)4/h9-10,13,17H,5-8,11H2,1-4H3. The quantitative estimate of drug-likeness (QED) is 0.869. The molecule has 0 spiro atoms. The third kappa shape index (κ3) is 4.86. The summed E-state index contributed by atoms with van der Waals surface area (Å²) in [5.74, 6) is 0. The molecule has 24 heavy (non-hydrogen) atoms. The highest BCUT2D eigenvalue weighted by Crippen LogP contribution is 2.21. The van der Waals surface area contributed by atoms with Crippen molar-refractivity contribution in [3.8, 4) is 0 Å².